The topological polar surface area (TPSA) is 66.8 Å². The highest BCUT2D eigenvalue weighted by Gasteiger charge is 2.43. The van der Waals surface area contributed by atoms with E-state index in [0.29, 0.717) is 18.9 Å². The Morgan fingerprint density at radius 2 is 1.52 bits per heavy atom. The second-order valence-corrected chi connectivity index (χ2v) is 9.20. The van der Waals surface area contributed by atoms with Gasteiger partial charge in [0.05, 0.1) is 0 Å². The van der Waals surface area contributed by atoms with Gasteiger partial charge in [0.1, 0.15) is 12.6 Å². The van der Waals surface area contributed by atoms with Crippen molar-refractivity contribution in [3.8, 4) is 11.1 Å². The maximum atomic E-state index is 13.0. The first-order valence-electron chi connectivity index (χ1n) is 11.5. The summed E-state index contributed by atoms with van der Waals surface area (Å²) in [6.45, 7) is 0.724. The Kier molecular flexibility index (Phi) is 5.43. The Bertz CT molecular complexity index is 935. The summed E-state index contributed by atoms with van der Waals surface area (Å²) in [6, 6.07) is 15.7. The van der Waals surface area contributed by atoms with Gasteiger partial charge in [-0.3, -0.25) is 4.90 Å². The Labute approximate surface area is 183 Å². The molecule has 1 saturated heterocycles. The quantitative estimate of drug-likeness (QED) is 0.731. The zero-order chi connectivity index (χ0) is 21.4. The number of likely N-dealkylation sites (tertiary alicyclic amines) is 1. The molecule has 1 amide bonds. The normalized spacial score (nSPS) is 23.4. The van der Waals surface area contributed by atoms with E-state index in [-0.39, 0.29) is 18.4 Å². The monoisotopic (exact) mass is 419 g/mol. The molecule has 1 saturated carbocycles. The number of aliphatic carboxylic acids is 1. The molecule has 0 unspecified atom stereocenters. The summed E-state index contributed by atoms with van der Waals surface area (Å²) in [6.07, 6.45) is 6.04. The van der Waals surface area contributed by atoms with Crippen LogP contribution < -0.4 is 0 Å². The van der Waals surface area contributed by atoms with E-state index in [9.17, 15) is 14.7 Å². The molecule has 1 N–H and O–H groups in total. The van der Waals surface area contributed by atoms with Crippen molar-refractivity contribution in [2.75, 3.05) is 13.2 Å². The maximum absolute atomic E-state index is 13.0. The van der Waals surface area contributed by atoms with Gasteiger partial charge in [0.25, 0.3) is 0 Å². The molecule has 1 aliphatic heterocycles. The lowest BCUT2D eigenvalue weighted by Gasteiger charge is -2.27. The van der Waals surface area contributed by atoms with Crippen LogP contribution in [0.25, 0.3) is 11.1 Å². The van der Waals surface area contributed by atoms with E-state index in [0.717, 1.165) is 24.0 Å². The molecule has 3 aliphatic rings. The van der Waals surface area contributed by atoms with E-state index < -0.39 is 18.1 Å². The molecule has 2 atom stereocenters. The SMILES string of the molecule is O=C(O)[C@@H]1C[C@H](C2CCCCC2)CN1C(=O)OCC1c2ccccc2-c2ccccc21. The van der Waals surface area contributed by atoms with Gasteiger partial charge >= 0.3 is 12.1 Å². The van der Waals surface area contributed by atoms with E-state index in [1.54, 1.807) is 0 Å². The van der Waals surface area contributed by atoms with Crippen LogP contribution in [-0.2, 0) is 9.53 Å². The molecule has 0 radical (unpaired) electrons. The molecule has 2 fully saturated rings. The summed E-state index contributed by atoms with van der Waals surface area (Å²) in [5.41, 5.74) is 4.68. The summed E-state index contributed by atoms with van der Waals surface area (Å²) >= 11 is 0. The number of hydrogen-bond acceptors (Lipinski definition) is 3. The van der Waals surface area contributed by atoms with E-state index in [2.05, 4.69) is 24.3 Å². The smallest absolute Gasteiger partial charge is 0.410 e. The minimum absolute atomic E-state index is 0.0172. The average Bonchev–Trinajstić information content (AvgIpc) is 3.39. The fourth-order valence-electron chi connectivity index (χ4n) is 5.93. The fourth-order valence-corrected chi connectivity index (χ4v) is 5.93. The first-order valence-corrected chi connectivity index (χ1v) is 11.5. The van der Waals surface area contributed by atoms with E-state index in [1.807, 2.05) is 24.3 Å². The third-order valence-electron chi connectivity index (χ3n) is 7.51. The third kappa shape index (κ3) is 3.71. The number of benzene rings is 2. The standard InChI is InChI=1S/C26H29NO4/c28-25(29)24-14-18(17-8-2-1-3-9-17)15-27(24)26(30)31-16-23-21-12-6-4-10-19(21)20-11-5-7-13-22(20)23/h4-7,10-13,17-18,23-24H,1-3,8-9,14-16H2,(H,28,29)/t18-,24-/m0/s1. The summed E-state index contributed by atoms with van der Waals surface area (Å²) in [4.78, 5) is 26.4. The first kappa shape index (κ1) is 20.1. The van der Waals surface area contributed by atoms with Crippen LogP contribution in [0.4, 0.5) is 4.79 Å². The van der Waals surface area contributed by atoms with Crippen LogP contribution in [0.3, 0.4) is 0 Å². The molecule has 2 aromatic rings. The molecule has 31 heavy (non-hydrogen) atoms. The number of ether oxygens (including phenoxy) is 1. The van der Waals surface area contributed by atoms with Crippen molar-refractivity contribution >= 4 is 12.1 Å². The summed E-state index contributed by atoms with van der Waals surface area (Å²) in [5.74, 6) is -0.146. The Hall–Kier alpha value is -2.82. The number of amides is 1. The largest absolute Gasteiger partial charge is 0.480 e. The van der Waals surface area contributed by atoms with Crippen LogP contribution in [0, 0.1) is 11.8 Å². The van der Waals surface area contributed by atoms with Gasteiger partial charge < -0.3 is 9.84 Å². The highest BCUT2D eigenvalue weighted by atomic mass is 16.6. The van der Waals surface area contributed by atoms with Crippen LogP contribution in [0.1, 0.15) is 55.6 Å². The molecule has 5 heteroatoms. The van der Waals surface area contributed by atoms with Crippen molar-refractivity contribution < 1.29 is 19.4 Å². The Balaban J connectivity index is 1.30. The van der Waals surface area contributed by atoms with E-state index >= 15 is 0 Å². The number of hydrogen-bond donors (Lipinski definition) is 1. The fraction of sp³-hybridized carbons (Fsp3) is 0.462. The van der Waals surface area contributed by atoms with Crippen LogP contribution >= 0.6 is 0 Å². The number of nitrogens with zero attached hydrogens (tertiary/aromatic N) is 1. The molecular weight excluding hydrogens is 390 g/mol. The average molecular weight is 420 g/mol. The van der Waals surface area contributed by atoms with Crippen molar-refractivity contribution in [2.24, 2.45) is 11.8 Å². The van der Waals surface area contributed by atoms with Gasteiger partial charge in [0.2, 0.25) is 0 Å². The summed E-state index contributed by atoms with van der Waals surface area (Å²) in [7, 11) is 0. The van der Waals surface area contributed by atoms with Crippen LogP contribution in [0.2, 0.25) is 0 Å². The lowest BCUT2D eigenvalue weighted by Crippen LogP contribution is -2.41. The predicted octanol–water partition coefficient (Wildman–Crippen LogP) is 5.29. The molecule has 2 aromatic carbocycles. The molecule has 1 heterocycles. The van der Waals surface area contributed by atoms with Crippen molar-refractivity contribution in [3.63, 3.8) is 0 Å². The summed E-state index contributed by atoms with van der Waals surface area (Å²) in [5, 5.41) is 9.74. The van der Waals surface area contributed by atoms with Crippen LogP contribution in [0.15, 0.2) is 48.5 Å². The van der Waals surface area contributed by atoms with Gasteiger partial charge in [0, 0.05) is 12.5 Å². The maximum Gasteiger partial charge on any atom is 0.410 e. The zero-order valence-corrected chi connectivity index (χ0v) is 17.7. The first-order chi connectivity index (χ1) is 15.1. The molecule has 162 valence electrons. The van der Waals surface area contributed by atoms with Gasteiger partial charge in [-0.05, 0) is 40.5 Å². The molecule has 0 spiro atoms. The molecule has 0 bridgehead atoms. The Morgan fingerprint density at radius 3 is 2.13 bits per heavy atom. The molecule has 2 aliphatic carbocycles. The number of carboxylic acid groups (broad SMARTS) is 1. The van der Waals surface area contributed by atoms with Crippen molar-refractivity contribution in [2.45, 2.75) is 50.5 Å². The highest BCUT2D eigenvalue weighted by molar-refractivity contribution is 5.81. The van der Waals surface area contributed by atoms with Crippen molar-refractivity contribution in [1.29, 1.82) is 0 Å². The molecule has 5 nitrogen and oxygen atoms in total. The van der Waals surface area contributed by atoms with Crippen LogP contribution in [0.5, 0.6) is 0 Å². The number of carbonyl (C=O) groups is 2. The number of carboxylic acids is 1. The predicted molar refractivity (Wildman–Crippen MR) is 118 cm³/mol. The second-order valence-electron chi connectivity index (χ2n) is 9.20. The van der Waals surface area contributed by atoms with Gasteiger partial charge in [-0.1, -0.05) is 80.6 Å². The van der Waals surface area contributed by atoms with Gasteiger partial charge in [0.15, 0.2) is 0 Å². The molecule has 5 rings (SSSR count). The Morgan fingerprint density at radius 1 is 0.903 bits per heavy atom. The lowest BCUT2D eigenvalue weighted by molar-refractivity contribution is -0.141. The zero-order valence-electron chi connectivity index (χ0n) is 17.7. The van der Waals surface area contributed by atoms with E-state index in [1.165, 1.54) is 35.3 Å². The number of fused-ring (bicyclic) bond motifs is 3. The molecular formula is C26H29NO4. The van der Waals surface area contributed by atoms with Gasteiger partial charge in [-0.25, -0.2) is 9.59 Å². The van der Waals surface area contributed by atoms with Gasteiger partial charge in [-0.15, -0.1) is 0 Å². The number of carbonyl (C=O) groups excluding carboxylic acids is 1. The van der Waals surface area contributed by atoms with E-state index in [4.69, 9.17) is 4.74 Å². The van der Waals surface area contributed by atoms with Gasteiger partial charge in [-0.2, -0.15) is 0 Å². The van der Waals surface area contributed by atoms with Crippen LogP contribution in [-0.4, -0.2) is 41.3 Å². The molecule has 0 aromatic heterocycles. The minimum Gasteiger partial charge on any atom is -0.480 e. The minimum atomic E-state index is -0.924. The summed E-state index contributed by atoms with van der Waals surface area (Å²) < 4.78 is 5.76. The van der Waals surface area contributed by atoms with Crippen molar-refractivity contribution in [3.05, 3.63) is 59.7 Å². The lowest BCUT2D eigenvalue weighted by atomic mass is 9.79. The van der Waals surface area contributed by atoms with Crippen molar-refractivity contribution in [1.82, 2.24) is 4.90 Å². The second kappa shape index (κ2) is 8.37. The highest BCUT2D eigenvalue weighted by Crippen LogP contribution is 2.45. The number of rotatable bonds is 4. The third-order valence-corrected chi connectivity index (χ3v) is 7.51.